The molecule has 1 saturated heterocycles. The monoisotopic (exact) mass is 293 g/mol. The van der Waals surface area contributed by atoms with Crippen LogP contribution >= 0.6 is 11.3 Å². The minimum atomic E-state index is -0.0538. The molecule has 0 bridgehead atoms. The molecule has 1 fully saturated rings. The van der Waals surface area contributed by atoms with Crippen LogP contribution in [-0.2, 0) is 6.54 Å². The van der Waals surface area contributed by atoms with Crippen LogP contribution in [0.25, 0.3) is 10.2 Å². The molecule has 0 aliphatic carbocycles. The van der Waals surface area contributed by atoms with Crippen molar-refractivity contribution in [1.29, 1.82) is 0 Å². The number of rotatable bonds is 3. The molecule has 1 aliphatic rings. The zero-order chi connectivity index (χ0) is 14.2. The largest absolute Gasteiger partial charge is 0.396 e. The van der Waals surface area contributed by atoms with E-state index in [9.17, 15) is 9.90 Å². The molecule has 0 amide bonds. The number of hydrogen-bond acceptors (Lipinski definition) is 5. The van der Waals surface area contributed by atoms with Crippen molar-refractivity contribution in [3.8, 4) is 0 Å². The highest BCUT2D eigenvalue weighted by Crippen LogP contribution is 2.29. The molecule has 0 aromatic carbocycles. The van der Waals surface area contributed by atoms with Crippen LogP contribution < -0.4 is 5.56 Å². The molecule has 0 saturated carbocycles. The first-order valence-corrected chi connectivity index (χ1v) is 7.77. The second-order valence-electron chi connectivity index (χ2n) is 5.93. The highest BCUT2D eigenvalue weighted by molar-refractivity contribution is 7.17. The number of nitrogens with zero attached hydrogens (tertiary/aromatic N) is 2. The average Bonchev–Trinajstić information content (AvgIpc) is 2.88. The summed E-state index contributed by atoms with van der Waals surface area (Å²) < 4.78 is 0.688. The van der Waals surface area contributed by atoms with Gasteiger partial charge in [-0.1, -0.05) is 6.92 Å². The zero-order valence-electron chi connectivity index (χ0n) is 11.6. The van der Waals surface area contributed by atoms with E-state index in [1.54, 1.807) is 0 Å². The van der Waals surface area contributed by atoms with Crippen LogP contribution in [0.2, 0.25) is 0 Å². The highest BCUT2D eigenvalue weighted by Gasteiger charge is 2.30. The molecular formula is C14H19N3O2S. The Balaban J connectivity index is 1.80. The molecule has 5 nitrogen and oxygen atoms in total. The van der Waals surface area contributed by atoms with Crippen molar-refractivity contribution in [2.24, 2.45) is 5.41 Å². The molecule has 3 rings (SSSR count). The number of aromatic amines is 1. The number of aromatic nitrogens is 2. The van der Waals surface area contributed by atoms with Crippen LogP contribution in [0.1, 0.15) is 25.6 Å². The zero-order valence-corrected chi connectivity index (χ0v) is 12.4. The van der Waals surface area contributed by atoms with Crippen molar-refractivity contribution in [3.63, 3.8) is 0 Å². The third-order valence-electron chi connectivity index (χ3n) is 3.98. The van der Waals surface area contributed by atoms with Crippen LogP contribution in [0.3, 0.4) is 0 Å². The fourth-order valence-electron chi connectivity index (χ4n) is 2.90. The molecule has 108 valence electrons. The van der Waals surface area contributed by atoms with E-state index >= 15 is 0 Å². The number of aliphatic hydroxyl groups is 1. The summed E-state index contributed by atoms with van der Waals surface area (Å²) >= 11 is 1.42. The minimum absolute atomic E-state index is 0.0367. The van der Waals surface area contributed by atoms with Crippen LogP contribution in [0.4, 0.5) is 0 Å². The minimum Gasteiger partial charge on any atom is -0.396 e. The fraction of sp³-hybridized carbons (Fsp3) is 0.571. The summed E-state index contributed by atoms with van der Waals surface area (Å²) in [5, 5.41) is 11.4. The molecule has 0 radical (unpaired) electrons. The Bertz CT molecular complexity index is 666. The molecule has 3 heterocycles. The summed E-state index contributed by atoms with van der Waals surface area (Å²) in [5.41, 5.74) is 0.683. The van der Waals surface area contributed by atoms with Gasteiger partial charge in [-0.05, 0) is 30.8 Å². The van der Waals surface area contributed by atoms with Gasteiger partial charge < -0.3 is 10.1 Å². The van der Waals surface area contributed by atoms with Gasteiger partial charge in [-0.3, -0.25) is 9.69 Å². The van der Waals surface area contributed by atoms with Gasteiger partial charge in [-0.25, -0.2) is 4.98 Å². The number of fused-ring (bicyclic) bond motifs is 1. The van der Waals surface area contributed by atoms with Gasteiger partial charge in [0.1, 0.15) is 10.5 Å². The molecule has 0 spiro atoms. The van der Waals surface area contributed by atoms with Gasteiger partial charge in [0, 0.05) is 18.6 Å². The number of likely N-dealkylation sites (tertiary alicyclic amines) is 1. The topological polar surface area (TPSA) is 69.2 Å². The lowest BCUT2D eigenvalue weighted by molar-refractivity contribution is 0.0417. The first kappa shape index (κ1) is 13.7. The predicted molar refractivity (Wildman–Crippen MR) is 79.9 cm³/mol. The summed E-state index contributed by atoms with van der Waals surface area (Å²) in [7, 11) is 0. The van der Waals surface area contributed by atoms with Gasteiger partial charge in [0.2, 0.25) is 0 Å². The number of H-pyrrole nitrogens is 1. The van der Waals surface area contributed by atoms with E-state index in [1.165, 1.54) is 11.3 Å². The first-order valence-electron chi connectivity index (χ1n) is 6.89. The third kappa shape index (κ3) is 2.63. The van der Waals surface area contributed by atoms with Crippen molar-refractivity contribution in [2.45, 2.75) is 26.3 Å². The molecule has 1 aliphatic heterocycles. The Morgan fingerprint density at radius 1 is 1.60 bits per heavy atom. The number of aliphatic hydroxyl groups excluding tert-OH is 1. The van der Waals surface area contributed by atoms with Gasteiger partial charge in [-0.15, -0.1) is 11.3 Å². The summed E-state index contributed by atoms with van der Waals surface area (Å²) in [6, 6.07) is 1.88. The lowest BCUT2D eigenvalue weighted by Crippen LogP contribution is -2.43. The number of thiophene rings is 1. The molecule has 1 atom stereocenters. The molecule has 2 aromatic heterocycles. The standard InChI is InChI=1S/C14H19N3O2S/c1-14(9-18)4-2-5-17(8-14)7-11-15-10-3-6-20-12(10)13(19)16-11/h3,6,18H,2,4-5,7-9H2,1H3,(H,15,16,19). The van der Waals surface area contributed by atoms with Crippen LogP contribution in [-0.4, -0.2) is 39.7 Å². The van der Waals surface area contributed by atoms with E-state index in [0.29, 0.717) is 17.1 Å². The maximum absolute atomic E-state index is 11.9. The van der Waals surface area contributed by atoms with Gasteiger partial charge in [0.25, 0.3) is 5.56 Å². The normalized spacial score (nSPS) is 24.3. The smallest absolute Gasteiger partial charge is 0.268 e. The summed E-state index contributed by atoms with van der Waals surface area (Å²) in [4.78, 5) is 21.6. The first-order chi connectivity index (χ1) is 9.59. The molecule has 2 N–H and O–H groups in total. The van der Waals surface area contributed by atoms with Crippen LogP contribution in [0.5, 0.6) is 0 Å². The Labute approximate surface area is 121 Å². The van der Waals surface area contributed by atoms with Crippen molar-refractivity contribution in [1.82, 2.24) is 14.9 Å². The molecule has 1 unspecified atom stereocenters. The van der Waals surface area contributed by atoms with Crippen LogP contribution in [0, 0.1) is 5.41 Å². The van der Waals surface area contributed by atoms with E-state index in [-0.39, 0.29) is 17.6 Å². The Kier molecular flexibility index (Phi) is 3.62. The Morgan fingerprint density at radius 2 is 2.45 bits per heavy atom. The maximum atomic E-state index is 11.9. The van der Waals surface area contributed by atoms with Gasteiger partial charge in [0.05, 0.1) is 12.1 Å². The Morgan fingerprint density at radius 3 is 3.25 bits per heavy atom. The lowest BCUT2D eigenvalue weighted by atomic mass is 9.83. The SMILES string of the molecule is CC1(CO)CCCN(Cc2nc3ccsc3c(=O)[nH]2)C1. The van der Waals surface area contributed by atoms with Crippen LogP contribution in [0.15, 0.2) is 16.2 Å². The van der Waals surface area contributed by atoms with E-state index < -0.39 is 0 Å². The predicted octanol–water partition coefficient (Wildman–Crippen LogP) is 1.58. The summed E-state index contributed by atoms with van der Waals surface area (Å²) in [6.45, 7) is 4.78. The van der Waals surface area contributed by atoms with Crippen molar-refractivity contribution in [2.75, 3.05) is 19.7 Å². The van der Waals surface area contributed by atoms with E-state index in [0.717, 1.165) is 31.4 Å². The molecule has 20 heavy (non-hydrogen) atoms. The molecule has 6 heteroatoms. The van der Waals surface area contributed by atoms with Gasteiger partial charge in [0.15, 0.2) is 0 Å². The molecule has 2 aromatic rings. The maximum Gasteiger partial charge on any atom is 0.268 e. The fourth-order valence-corrected chi connectivity index (χ4v) is 3.63. The Hall–Kier alpha value is -1.24. The van der Waals surface area contributed by atoms with E-state index in [4.69, 9.17) is 0 Å². The van der Waals surface area contributed by atoms with E-state index in [1.807, 2.05) is 11.4 Å². The number of hydrogen-bond donors (Lipinski definition) is 2. The lowest BCUT2D eigenvalue weighted by Gasteiger charge is -2.39. The van der Waals surface area contributed by atoms with Crippen molar-refractivity contribution >= 4 is 21.6 Å². The second kappa shape index (κ2) is 5.27. The number of piperidine rings is 1. The van der Waals surface area contributed by atoms with Gasteiger partial charge in [-0.2, -0.15) is 0 Å². The summed E-state index contributed by atoms with van der Waals surface area (Å²) in [6.07, 6.45) is 2.12. The quantitative estimate of drug-likeness (QED) is 0.901. The second-order valence-corrected chi connectivity index (χ2v) is 6.85. The van der Waals surface area contributed by atoms with Crippen molar-refractivity contribution in [3.05, 3.63) is 27.6 Å². The van der Waals surface area contributed by atoms with E-state index in [2.05, 4.69) is 21.8 Å². The highest BCUT2D eigenvalue weighted by atomic mass is 32.1. The number of nitrogens with one attached hydrogen (secondary N) is 1. The summed E-state index contributed by atoms with van der Waals surface area (Å²) in [5.74, 6) is 0.711. The van der Waals surface area contributed by atoms with Gasteiger partial charge >= 0.3 is 0 Å². The molecular weight excluding hydrogens is 274 g/mol. The third-order valence-corrected chi connectivity index (χ3v) is 4.88. The van der Waals surface area contributed by atoms with Crippen molar-refractivity contribution < 1.29 is 5.11 Å². The average molecular weight is 293 g/mol.